The molecule has 0 atom stereocenters. The summed E-state index contributed by atoms with van der Waals surface area (Å²) in [6.07, 6.45) is 12.5. The number of aromatic nitrogens is 4. The fourth-order valence-corrected chi connectivity index (χ4v) is 4.83. The maximum absolute atomic E-state index is 6.55. The fourth-order valence-electron chi connectivity index (χ4n) is 4.83. The van der Waals surface area contributed by atoms with Crippen LogP contribution in [0.4, 0.5) is 5.69 Å². The van der Waals surface area contributed by atoms with Crippen molar-refractivity contribution in [1.29, 1.82) is 0 Å². The highest BCUT2D eigenvalue weighted by Crippen LogP contribution is 2.34. The molecule has 3 aromatic rings. The zero-order valence-corrected chi connectivity index (χ0v) is 20.0. The molecule has 0 radical (unpaired) electrons. The predicted molar refractivity (Wildman–Crippen MR) is 130 cm³/mol. The Bertz CT molecular complexity index is 1090. The minimum atomic E-state index is 0.0969. The van der Waals surface area contributed by atoms with Gasteiger partial charge in [-0.1, -0.05) is 0 Å². The molecule has 1 saturated heterocycles. The van der Waals surface area contributed by atoms with Crippen molar-refractivity contribution < 1.29 is 14.2 Å². The number of rotatable bonds is 7. The van der Waals surface area contributed by atoms with Gasteiger partial charge in [-0.2, -0.15) is 0 Å². The Morgan fingerprint density at radius 3 is 2.62 bits per heavy atom. The Morgan fingerprint density at radius 1 is 1.03 bits per heavy atom. The number of nitrogens with zero attached hydrogens (tertiary/aromatic N) is 5. The smallest absolute Gasteiger partial charge is 0.232 e. The molecule has 2 aromatic heterocycles. The van der Waals surface area contributed by atoms with Gasteiger partial charge >= 0.3 is 0 Å². The Hall–Kier alpha value is -3.00. The molecule has 0 N–H and O–H groups in total. The molecule has 0 spiro atoms. The van der Waals surface area contributed by atoms with E-state index < -0.39 is 0 Å². The molecule has 1 aliphatic carbocycles. The van der Waals surface area contributed by atoms with E-state index in [4.69, 9.17) is 14.2 Å². The first-order chi connectivity index (χ1) is 16.6. The molecule has 8 heteroatoms. The Labute approximate surface area is 200 Å². The Balaban J connectivity index is 1.23. The summed E-state index contributed by atoms with van der Waals surface area (Å²) in [6.45, 7) is 7.25. The van der Waals surface area contributed by atoms with Crippen LogP contribution in [0.2, 0.25) is 0 Å². The first kappa shape index (κ1) is 22.8. The molecule has 1 saturated carbocycles. The number of ether oxygens (including phenoxy) is 3. The summed E-state index contributed by atoms with van der Waals surface area (Å²) < 4.78 is 17.8. The van der Waals surface area contributed by atoms with Gasteiger partial charge in [0.25, 0.3) is 0 Å². The summed E-state index contributed by atoms with van der Waals surface area (Å²) in [7, 11) is 0. The first-order valence-electron chi connectivity index (χ1n) is 12.4. The van der Waals surface area contributed by atoms with E-state index in [2.05, 4.69) is 37.0 Å². The van der Waals surface area contributed by atoms with E-state index in [0.29, 0.717) is 11.8 Å². The van der Waals surface area contributed by atoms with Crippen LogP contribution in [-0.4, -0.2) is 58.4 Å². The first-order valence-corrected chi connectivity index (χ1v) is 12.4. The van der Waals surface area contributed by atoms with E-state index in [1.165, 1.54) is 0 Å². The summed E-state index contributed by atoms with van der Waals surface area (Å²) in [4.78, 5) is 20.4. The third kappa shape index (κ3) is 5.55. The maximum atomic E-state index is 6.55. The van der Waals surface area contributed by atoms with Crippen molar-refractivity contribution in [2.24, 2.45) is 5.92 Å². The fraction of sp³-hybridized carbons (Fsp3) is 0.538. The minimum absolute atomic E-state index is 0.0969. The second-order valence-electron chi connectivity index (χ2n) is 9.45. The highest BCUT2D eigenvalue weighted by molar-refractivity contribution is 5.85. The summed E-state index contributed by atoms with van der Waals surface area (Å²) in [5.74, 6) is 2.03. The van der Waals surface area contributed by atoms with Gasteiger partial charge < -0.3 is 19.1 Å². The van der Waals surface area contributed by atoms with E-state index in [9.17, 15) is 0 Å². The lowest BCUT2D eigenvalue weighted by atomic mass is 9.84. The van der Waals surface area contributed by atoms with Crippen LogP contribution >= 0.6 is 0 Å². The van der Waals surface area contributed by atoms with Gasteiger partial charge in [-0.05, 0) is 57.9 Å². The number of fused-ring (bicyclic) bond motifs is 1. The molecule has 8 nitrogen and oxygen atoms in total. The number of morpholine rings is 1. The van der Waals surface area contributed by atoms with Crippen LogP contribution < -0.4 is 14.4 Å². The third-order valence-corrected chi connectivity index (χ3v) is 6.50. The van der Waals surface area contributed by atoms with Crippen LogP contribution in [0.5, 0.6) is 11.6 Å². The van der Waals surface area contributed by atoms with Crippen LogP contribution in [0.15, 0.2) is 36.9 Å². The lowest BCUT2D eigenvalue weighted by Gasteiger charge is -2.31. The SMILES string of the molecule is CC(C)Oc1cncc(CC2CCC(Oc3cc(N4CCOCC4)cc4nccnc34)CC2)n1. The summed E-state index contributed by atoms with van der Waals surface area (Å²) >= 11 is 0. The minimum Gasteiger partial charge on any atom is -0.488 e. The highest BCUT2D eigenvalue weighted by Gasteiger charge is 2.25. The lowest BCUT2D eigenvalue weighted by molar-refractivity contribution is 0.122. The molecule has 0 bridgehead atoms. The average Bonchev–Trinajstić information content (AvgIpc) is 2.85. The number of anilines is 1. The average molecular weight is 464 g/mol. The molecule has 0 amide bonds. The quantitative estimate of drug-likeness (QED) is 0.515. The normalized spacial score (nSPS) is 21.1. The lowest BCUT2D eigenvalue weighted by Crippen LogP contribution is -2.36. The van der Waals surface area contributed by atoms with E-state index in [1.54, 1.807) is 18.6 Å². The van der Waals surface area contributed by atoms with Crippen molar-refractivity contribution in [3.05, 3.63) is 42.6 Å². The van der Waals surface area contributed by atoms with Gasteiger partial charge in [-0.25, -0.2) is 9.97 Å². The van der Waals surface area contributed by atoms with E-state index in [-0.39, 0.29) is 12.2 Å². The van der Waals surface area contributed by atoms with Crippen molar-refractivity contribution in [3.63, 3.8) is 0 Å². The molecule has 34 heavy (non-hydrogen) atoms. The monoisotopic (exact) mass is 463 g/mol. The molecule has 3 heterocycles. The van der Waals surface area contributed by atoms with Gasteiger partial charge in [0.15, 0.2) is 0 Å². The predicted octanol–water partition coefficient (Wildman–Crippen LogP) is 4.22. The Kier molecular flexibility index (Phi) is 7.04. The zero-order chi connectivity index (χ0) is 23.3. The zero-order valence-electron chi connectivity index (χ0n) is 20.0. The second-order valence-corrected chi connectivity index (χ2v) is 9.45. The molecular weight excluding hydrogens is 430 g/mol. The highest BCUT2D eigenvalue weighted by atomic mass is 16.5. The molecule has 2 aliphatic rings. The van der Waals surface area contributed by atoms with Crippen LogP contribution in [-0.2, 0) is 11.2 Å². The molecule has 180 valence electrons. The molecular formula is C26H33N5O3. The van der Waals surface area contributed by atoms with E-state index in [0.717, 1.165) is 86.6 Å². The van der Waals surface area contributed by atoms with E-state index >= 15 is 0 Å². The summed E-state index contributed by atoms with van der Waals surface area (Å²) in [6, 6.07) is 4.24. The van der Waals surface area contributed by atoms with Gasteiger partial charge in [0, 0.05) is 43.4 Å². The maximum Gasteiger partial charge on any atom is 0.232 e. The van der Waals surface area contributed by atoms with Crippen molar-refractivity contribution >= 4 is 16.7 Å². The van der Waals surface area contributed by atoms with Gasteiger partial charge in [-0.15, -0.1) is 0 Å². The molecule has 1 aliphatic heterocycles. The summed E-state index contributed by atoms with van der Waals surface area (Å²) in [5, 5.41) is 0. The molecule has 5 rings (SSSR count). The second kappa shape index (κ2) is 10.5. The number of benzene rings is 1. The Morgan fingerprint density at radius 2 is 1.82 bits per heavy atom. The van der Waals surface area contributed by atoms with Crippen molar-refractivity contribution in [2.45, 2.75) is 58.2 Å². The molecule has 2 fully saturated rings. The number of hydrogen-bond acceptors (Lipinski definition) is 8. The van der Waals surface area contributed by atoms with Crippen LogP contribution in [0, 0.1) is 5.92 Å². The van der Waals surface area contributed by atoms with Crippen LogP contribution in [0.1, 0.15) is 45.2 Å². The van der Waals surface area contributed by atoms with Crippen molar-refractivity contribution in [2.75, 3.05) is 31.2 Å². The standard InChI is InChI=1S/C26H33N5O3/c1-18(2)33-25-17-27-16-20(30-25)13-19-3-5-22(6-4-19)34-24-15-21(31-9-11-32-12-10-31)14-23-26(24)29-8-7-28-23/h7-8,14-19,22H,3-6,9-13H2,1-2H3. The van der Waals surface area contributed by atoms with Crippen LogP contribution in [0.25, 0.3) is 11.0 Å². The van der Waals surface area contributed by atoms with Gasteiger partial charge in [0.05, 0.1) is 42.8 Å². The van der Waals surface area contributed by atoms with Gasteiger partial charge in [-0.3, -0.25) is 9.97 Å². The topological polar surface area (TPSA) is 82.5 Å². The number of hydrogen-bond donors (Lipinski definition) is 0. The van der Waals surface area contributed by atoms with Crippen molar-refractivity contribution in [3.8, 4) is 11.6 Å². The molecule has 0 unspecified atom stereocenters. The third-order valence-electron chi connectivity index (χ3n) is 6.50. The molecule has 1 aromatic carbocycles. The van der Waals surface area contributed by atoms with Crippen LogP contribution in [0.3, 0.4) is 0 Å². The summed E-state index contributed by atoms with van der Waals surface area (Å²) in [5.41, 5.74) is 3.83. The van der Waals surface area contributed by atoms with E-state index in [1.807, 2.05) is 20.0 Å². The largest absolute Gasteiger partial charge is 0.488 e. The van der Waals surface area contributed by atoms with Gasteiger partial charge in [0.2, 0.25) is 5.88 Å². The van der Waals surface area contributed by atoms with Crippen molar-refractivity contribution in [1.82, 2.24) is 19.9 Å². The van der Waals surface area contributed by atoms with Gasteiger partial charge in [0.1, 0.15) is 11.3 Å².